The molecule has 0 unspecified atom stereocenters. The lowest BCUT2D eigenvalue weighted by Gasteiger charge is -2.38. The Hall–Kier alpha value is -1.07. The van der Waals surface area contributed by atoms with Crippen LogP contribution in [0.25, 0.3) is 0 Å². The second kappa shape index (κ2) is 3.96. The van der Waals surface area contributed by atoms with Gasteiger partial charge in [0.05, 0.1) is 11.5 Å². The fraction of sp³-hybridized carbons (Fsp3) is 0.538. The third-order valence-corrected chi connectivity index (χ3v) is 5.61. The van der Waals surface area contributed by atoms with Crippen LogP contribution in [0.4, 0.5) is 0 Å². The Balaban J connectivity index is 1.86. The summed E-state index contributed by atoms with van der Waals surface area (Å²) in [6.07, 6.45) is 1.00. The molecule has 2 aliphatic heterocycles. The summed E-state index contributed by atoms with van der Waals surface area (Å²) in [6.45, 7) is 3.65. The summed E-state index contributed by atoms with van der Waals surface area (Å²) >= 11 is 0. The minimum absolute atomic E-state index is 0.122. The molecule has 18 heavy (non-hydrogen) atoms. The maximum Gasteiger partial charge on any atom is 0.158 e. The van der Waals surface area contributed by atoms with Crippen LogP contribution in [-0.2, 0) is 22.8 Å². The van der Waals surface area contributed by atoms with Crippen LogP contribution in [0.15, 0.2) is 18.2 Å². The van der Waals surface area contributed by atoms with Crippen molar-refractivity contribution >= 4 is 9.84 Å². The lowest BCUT2D eigenvalue weighted by molar-refractivity contribution is 0.118. The average Bonchev–Trinajstić information content (AvgIpc) is 2.26. The van der Waals surface area contributed by atoms with Crippen molar-refractivity contribution in [3.05, 3.63) is 29.3 Å². The summed E-state index contributed by atoms with van der Waals surface area (Å²) in [5.74, 6) is 1.07. The highest BCUT2D eigenvalue weighted by atomic mass is 32.2. The third-order valence-electron chi connectivity index (χ3n) is 3.51. The summed E-state index contributed by atoms with van der Waals surface area (Å²) in [5, 5.41) is 3.32. The van der Waals surface area contributed by atoms with Gasteiger partial charge in [0.2, 0.25) is 0 Å². The standard InChI is InChI=1S/C13H17NO3S/c1-13(8-18(15,16)9-13)17-12-4-2-3-10-5-6-14-7-11(10)12/h2-4,14H,5-9H2,1H3. The SMILES string of the molecule is CC1(Oc2cccc3c2CNCC3)CS(=O)(=O)C1. The highest BCUT2D eigenvalue weighted by molar-refractivity contribution is 7.93. The summed E-state index contributed by atoms with van der Waals surface area (Å²) in [6, 6.07) is 6.03. The van der Waals surface area contributed by atoms with Gasteiger partial charge in [-0.3, -0.25) is 0 Å². The van der Waals surface area contributed by atoms with E-state index in [1.807, 2.05) is 19.1 Å². The number of rotatable bonds is 2. The number of ether oxygens (including phenoxy) is 1. The Bertz CT molecular complexity index is 568. The van der Waals surface area contributed by atoms with Gasteiger partial charge in [-0.05, 0) is 31.5 Å². The van der Waals surface area contributed by atoms with E-state index in [0.29, 0.717) is 0 Å². The fourth-order valence-electron chi connectivity index (χ4n) is 2.79. The number of nitrogens with one attached hydrogen (secondary N) is 1. The second-order valence-corrected chi connectivity index (χ2v) is 7.47. The van der Waals surface area contributed by atoms with Gasteiger partial charge < -0.3 is 10.1 Å². The molecule has 1 aromatic rings. The summed E-state index contributed by atoms with van der Waals surface area (Å²) in [7, 11) is -2.87. The molecule has 0 aliphatic carbocycles. The molecule has 1 fully saturated rings. The monoisotopic (exact) mass is 267 g/mol. The van der Waals surface area contributed by atoms with E-state index in [1.165, 1.54) is 11.1 Å². The zero-order valence-corrected chi connectivity index (χ0v) is 11.2. The average molecular weight is 267 g/mol. The van der Waals surface area contributed by atoms with Crippen LogP contribution in [0.2, 0.25) is 0 Å². The normalized spacial score (nSPS) is 23.8. The Kier molecular flexibility index (Phi) is 2.64. The van der Waals surface area contributed by atoms with Gasteiger partial charge in [-0.2, -0.15) is 0 Å². The molecule has 0 atom stereocenters. The Morgan fingerprint density at radius 2 is 2.11 bits per heavy atom. The number of benzene rings is 1. The van der Waals surface area contributed by atoms with Crippen molar-refractivity contribution in [2.24, 2.45) is 0 Å². The van der Waals surface area contributed by atoms with E-state index in [-0.39, 0.29) is 11.5 Å². The van der Waals surface area contributed by atoms with Crippen molar-refractivity contribution in [2.45, 2.75) is 25.5 Å². The predicted molar refractivity (Wildman–Crippen MR) is 69.5 cm³/mol. The molecular formula is C13H17NO3S. The maximum atomic E-state index is 11.3. The van der Waals surface area contributed by atoms with Crippen molar-refractivity contribution in [1.29, 1.82) is 0 Å². The van der Waals surface area contributed by atoms with Crippen LogP contribution in [0.1, 0.15) is 18.1 Å². The maximum absolute atomic E-state index is 11.3. The van der Waals surface area contributed by atoms with E-state index in [0.717, 1.165) is 25.3 Å². The number of fused-ring (bicyclic) bond motifs is 1. The topological polar surface area (TPSA) is 55.4 Å². The molecule has 2 aliphatic rings. The lowest BCUT2D eigenvalue weighted by Crippen LogP contribution is -2.56. The van der Waals surface area contributed by atoms with Gasteiger partial charge >= 0.3 is 0 Å². The summed E-state index contributed by atoms with van der Waals surface area (Å²) in [5.41, 5.74) is 1.93. The molecule has 1 aromatic carbocycles. The molecular weight excluding hydrogens is 250 g/mol. The van der Waals surface area contributed by atoms with Crippen LogP contribution in [0.3, 0.4) is 0 Å². The molecule has 4 nitrogen and oxygen atoms in total. The number of hydrogen-bond acceptors (Lipinski definition) is 4. The van der Waals surface area contributed by atoms with Crippen LogP contribution in [0.5, 0.6) is 5.75 Å². The van der Waals surface area contributed by atoms with Gasteiger partial charge in [0.25, 0.3) is 0 Å². The molecule has 1 saturated heterocycles. The molecule has 5 heteroatoms. The highest BCUT2D eigenvalue weighted by Crippen LogP contribution is 2.33. The molecule has 98 valence electrons. The first-order valence-corrected chi connectivity index (χ1v) is 8.01. The second-order valence-electron chi connectivity index (χ2n) is 5.40. The van der Waals surface area contributed by atoms with Crippen molar-refractivity contribution in [1.82, 2.24) is 5.32 Å². The fourth-order valence-corrected chi connectivity index (χ4v) is 4.68. The smallest absolute Gasteiger partial charge is 0.158 e. The first-order chi connectivity index (χ1) is 8.48. The van der Waals surface area contributed by atoms with Gasteiger partial charge in [-0.1, -0.05) is 12.1 Å². The number of hydrogen-bond donors (Lipinski definition) is 1. The van der Waals surface area contributed by atoms with Crippen LogP contribution in [-0.4, -0.2) is 32.1 Å². The zero-order valence-electron chi connectivity index (χ0n) is 10.4. The van der Waals surface area contributed by atoms with E-state index < -0.39 is 15.4 Å². The van der Waals surface area contributed by atoms with Crippen LogP contribution < -0.4 is 10.1 Å². The van der Waals surface area contributed by atoms with Crippen LogP contribution in [0, 0.1) is 0 Å². The van der Waals surface area contributed by atoms with Gasteiger partial charge in [-0.15, -0.1) is 0 Å². The molecule has 0 amide bonds. The van der Waals surface area contributed by atoms with Crippen LogP contribution >= 0.6 is 0 Å². The third kappa shape index (κ3) is 2.12. The molecule has 3 rings (SSSR count). The first-order valence-electron chi connectivity index (χ1n) is 6.18. The van der Waals surface area contributed by atoms with Crippen molar-refractivity contribution in [3.63, 3.8) is 0 Å². The molecule has 1 N–H and O–H groups in total. The Morgan fingerprint density at radius 3 is 2.83 bits per heavy atom. The molecule has 0 radical (unpaired) electrons. The molecule has 0 saturated carbocycles. The van der Waals surface area contributed by atoms with E-state index in [2.05, 4.69) is 11.4 Å². The molecule has 2 heterocycles. The van der Waals surface area contributed by atoms with Gasteiger partial charge in [-0.25, -0.2) is 8.42 Å². The van der Waals surface area contributed by atoms with Crippen molar-refractivity contribution < 1.29 is 13.2 Å². The minimum Gasteiger partial charge on any atom is -0.485 e. The zero-order chi connectivity index (χ0) is 12.8. The van der Waals surface area contributed by atoms with Gasteiger partial charge in [0.1, 0.15) is 11.4 Å². The summed E-state index contributed by atoms with van der Waals surface area (Å²) < 4.78 is 28.5. The minimum atomic E-state index is -2.87. The van der Waals surface area contributed by atoms with Gasteiger partial charge in [0.15, 0.2) is 9.84 Å². The van der Waals surface area contributed by atoms with E-state index in [1.54, 1.807) is 0 Å². The molecule has 0 bridgehead atoms. The van der Waals surface area contributed by atoms with Crippen molar-refractivity contribution in [3.8, 4) is 5.75 Å². The number of sulfone groups is 1. The lowest BCUT2D eigenvalue weighted by atomic mass is 10.00. The van der Waals surface area contributed by atoms with E-state index in [4.69, 9.17) is 4.74 Å². The van der Waals surface area contributed by atoms with Gasteiger partial charge in [0, 0.05) is 12.1 Å². The molecule has 0 aromatic heterocycles. The predicted octanol–water partition coefficient (Wildman–Crippen LogP) is 0.898. The molecule has 0 spiro atoms. The largest absolute Gasteiger partial charge is 0.485 e. The van der Waals surface area contributed by atoms with E-state index >= 15 is 0 Å². The summed E-state index contributed by atoms with van der Waals surface area (Å²) in [4.78, 5) is 0. The quantitative estimate of drug-likeness (QED) is 0.865. The Labute approximate surface area is 107 Å². The Morgan fingerprint density at radius 1 is 1.33 bits per heavy atom. The van der Waals surface area contributed by atoms with Crippen molar-refractivity contribution in [2.75, 3.05) is 18.1 Å². The highest BCUT2D eigenvalue weighted by Gasteiger charge is 2.47. The first kappa shape index (κ1) is 12.0. The van der Waals surface area contributed by atoms with E-state index in [9.17, 15) is 8.42 Å².